The molecule has 0 spiro atoms. The molecule has 1 unspecified atom stereocenters. The minimum atomic E-state index is -0.793. The molecule has 2 aliphatic rings. The van der Waals surface area contributed by atoms with E-state index in [0.29, 0.717) is 75.5 Å². The van der Waals surface area contributed by atoms with Gasteiger partial charge in [0.05, 0.1) is 19.3 Å². The molecular weight excluding hydrogens is 550 g/mol. The molecule has 4 rings (SSSR count). The van der Waals surface area contributed by atoms with Crippen LogP contribution in [0.3, 0.4) is 0 Å². The molecule has 2 atom stereocenters. The number of cyclic esters (lactones) is 1. The summed E-state index contributed by atoms with van der Waals surface area (Å²) in [5.74, 6) is -1.71. The highest BCUT2D eigenvalue weighted by Gasteiger charge is 2.31. The van der Waals surface area contributed by atoms with Crippen LogP contribution in [0.1, 0.15) is 111 Å². The number of aliphatic hydroxyl groups excluding tert-OH is 1. The highest BCUT2D eigenvalue weighted by Crippen LogP contribution is 2.44. The Morgan fingerprint density at radius 1 is 1.05 bits per heavy atom. The molecule has 1 heterocycles. The molecule has 0 saturated heterocycles. The van der Waals surface area contributed by atoms with Crippen molar-refractivity contribution in [2.45, 2.75) is 102 Å². The number of Topliss-reactive ketones (excluding diaryl/α,β-unsaturated/α-hetero) is 1. The van der Waals surface area contributed by atoms with E-state index in [-0.39, 0.29) is 52.7 Å². The number of phenols is 2. The zero-order chi connectivity index (χ0) is 30.9. The predicted molar refractivity (Wildman–Crippen MR) is 162 cm³/mol. The lowest BCUT2D eigenvalue weighted by Gasteiger charge is -2.27. The minimum Gasteiger partial charge on any atom is -0.507 e. The van der Waals surface area contributed by atoms with E-state index < -0.39 is 23.7 Å². The van der Waals surface area contributed by atoms with Crippen LogP contribution >= 0.6 is 0 Å². The van der Waals surface area contributed by atoms with Gasteiger partial charge in [0.15, 0.2) is 0 Å². The smallest absolute Gasteiger partial charge is 0.342 e. The van der Waals surface area contributed by atoms with Crippen molar-refractivity contribution in [1.82, 2.24) is 5.32 Å². The van der Waals surface area contributed by atoms with Crippen LogP contribution in [0, 0.1) is 0 Å². The number of ether oxygens (including phenoxy) is 2. The summed E-state index contributed by atoms with van der Waals surface area (Å²) >= 11 is 0. The van der Waals surface area contributed by atoms with E-state index in [1.807, 2.05) is 6.08 Å². The van der Waals surface area contributed by atoms with Crippen molar-refractivity contribution in [3.05, 3.63) is 58.7 Å². The fraction of sp³-hybridized carbons (Fsp3) is 0.500. The standard InChI is InChI=1S/C34H43NO8/c1-21-7-6-10-25(36)9-5-3-4-8-23-19-29(38)32(33(40)31(23)34(41)43-21)28(22-11-17-27(42-2)18-12-22)20-30(39)35-24-13-15-26(37)16-14-24/h4,8,11-12,17-19,21,24,26,28,37-38,40H,3,5-7,9-10,13-16,20H2,1-2H3,(H,35,39)/t21-,24?,26?,28?/m0/s1. The van der Waals surface area contributed by atoms with Crippen LogP contribution in [0.5, 0.6) is 17.2 Å². The van der Waals surface area contributed by atoms with Crippen LogP contribution in [-0.2, 0) is 14.3 Å². The van der Waals surface area contributed by atoms with Crippen molar-refractivity contribution in [1.29, 1.82) is 0 Å². The fourth-order valence-electron chi connectivity index (χ4n) is 5.93. The Morgan fingerprint density at radius 3 is 2.44 bits per heavy atom. The van der Waals surface area contributed by atoms with Gasteiger partial charge in [0, 0.05) is 36.8 Å². The number of amides is 1. The number of allylic oxidation sites excluding steroid dienone is 1. The Hall–Kier alpha value is -3.85. The Labute approximate surface area is 252 Å². The van der Waals surface area contributed by atoms with Gasteiger partial charge in [0.1, 0.15) is 28.6 Å². The summed E-state index contributed by atoms with van der Waals surface area (Å²) in [7, 11) is 1.55. The van der Waals surface area contributed by atoms with Gasteiger partial charge in [0.2, 0.25) is 5.91 Å². The summed E-state index contributed by atoms with van der Waals surface area (Å²) in [6.07, 6.45) is 8.32. The van der Waals surface area contributed by atoms with Crippen molar-refractivity contribution < 1.29 is 39.2 Å². The number of hydrogen-bond acceptors (Lipinski definition) is 8. The van der Waals surface area contributed by atoms with Gasteiger partial charge in [-0.15, -0.1) is 0 Å². The van der Waals surface area contributed by atoms with Gasteiger partial charge in [-0.25, -0.2) is 4.79 Å². The van der Waals surface area contributed by atoms with Gasteiger partial charge in [-0.2, -0.15) is 0 Å². The Kier molecular flexibility index (Phi) is 11.2. The van der Waals surface area contributed by atoms with Crippen molar-refractivity contribution in [3.63, 3.8) is 0 Å². The number of phenolic OH excluding ortho intramolecular Hbond substituents is 2. The molecule has 1 aliphatic carbocycles. The summed E-state index contributed by atoms with van der Waals surface area (Å²) < 4.78 is 11.0. The number of benzene rings is 2. The second kappa shape index (κ2) is 15.0. The first-order valence-corrected chi connectivity index (χ1v) is 15.3. The van der Waals surface area contributed by atoms with E-state index >= 15 is 0 Å². The maximum Gasteiger partial charge on any atom is 0.342 e. The van der Waals surface area contributed by atoms with E-state index in [2.05, 4.69) is 5.32 Å². The number of hydrogen-bond donors (Lipinski definition) is 4. The summed E-state index contributed by atoms with van der Waals surface area (Å²) in [4.78, 5) is 39.0. The maximum atomic E-state index is 13.5. The molecule has 1 aliphatic heterocycles. The number of nitrogens with one attached hydrogen (secondary N) is 1. The molecule has 1 fully saturated rings. The topological polar surface area (TPSA) is 142 Å². The molecule has 0 radical (unpaired) electrons. The van der Waals surface area contributed by atoms with Crippen LogP contribution in [-0.4, -0.2) is 58.3 Å². The number of ketones is 1. The summed E-state index contributed by atoms with van der Waals surface area (Å²) in [5.41, 5.74) is 0.911. The lowest BCUT2D eigenvalue weighted by Crippen LogP contribution is -2.39. The highest BCUT2D eigenvalue weighted by molar-refractivity contribution is 5.98. The van der Waals surface area contributed by atoms with Crippen molar-refractivity contribution in [2.75, 3.05) is 7.11 Å². The van der Waals surface area contributed by atoms with Gasteiger partial charge >= 0.3 is 5.97 Å². The number of carbonyl (C=O) groups is 3. The third-order valence-corrected chi connectivity index (χ3v) is 8.37. The number of fused-ring (bicyclic) bond motifs is 1. The molecule has 9 nitrogen and oxygen atoms in total. The van der Waals surface area contributed by atoms with Crippen LogP contribution in [0.15, 0.2) is 36.4 Å². The number of esters is 1. The molecule has 4 N–H and O–H groups in total. The van der Waals surface area contributed by atoms with E-state index in [1.165, 1.54) is 6.07 Å². The third kappa shape index (κ3) is 8.60. The molecule has 1 amide bonds. The molecule has 0 bridgehead atoms. The van der Waals surface area contributed by atoms with Crippen molar-refractivity contribution in [3.8, 4) is 17.2 Å². The van der Waals surface area contributed by atoms with Crippen molar-refractivity contribution in [2.24, 2.45) is 0 Å². The molecule has 1 saturated carbocycles. The molecule has 0 aromatic heterocycles. The van der Waals surface area contributed by atoms with E-state index in [0.717, 1.165) is 0 Å². The van der Waals surface area contributed by atoms with Gasteiger partial charge in [0.25, 0.3) is 0 Å². The van der Waals surface area contributed by atoms with Gasteiger partial charge in [-0.3, -0.25) is 9.59 Å². The van der Waals surface area contributed by atoms with Gasteiger partial charge < -0.3 is 30.1 Å². The first-order valence-electron chi connectivity index (χ1n) is 15.3. The van der Waals surface area contributed by atoms with E-state index in [4.69, 9.17) is 9.47 Å². The van der Waals surface area contributed by atoms with E-state index in [9.17, 15) is 29.7 Å². The quantitative estimate of drug-likeness (QED) is 0.320. The molecule has 2 aromatic carbocycles. The Morgan fingerprint density at radius 2 is 1.74 bits per heavy atom. The normalized spacial score (nSPS) is 22.5. The first kappa shape index (κ1) is 32.1. The number of aromatic hydroxyl groups is 2. The average Bonchev–Trinajstić information content (AvgIpc) is 2.97. The molecule has 2 aromatic rings. The SMILES string of the molecule is COc1ccc(C(CC(=O)NC2CCC(O)CC2)c2c(O)cc3c(c2O)C(=O)O[C@@H](C)CCCC(=O)CCCC=C3)cc1. The average molecular weight is 594 g/mol. The monoisotopic (exact) mass is 593 g/mol. The number of carbonyl (C=O) groups excluding carboxylic acids is 3. The minimum absolute atomic E-state index is 0.0582. The summed E-state index contributed by atoms with van der Waals surface area (Å²) in [6.45, 7) is 1.75. The van der Waals surface area contributed by atoms with E-state index in [1.54, 1.807) is 44.4 Å². The number of aliphatic hydroxyl groups is 1. The maximum absolute atomic E-state index is 13.5. The zero-order valence-electron chi connectivity index (χ0n) is 25.0. The largest absolute Gasteiger partial charge is 0.507 e. The summed E-state index contributed by atoms with van der Waals surface area (Å²) in [6, 6.07) is 8.34. The van der Waals surface area contributed by atoms with Gasteiger partial charge in [-0.1, -0.05) is 24.3 Å². The van der Waals surface area contributed by atoms with Crippen LogP contribution < -0.4 is 10.1 Å². The number of methoxy groups -OCH3 is 1. The Bertz CT molecular complexity index is 1310. The third-order valence-electron chi connectivity index (χ3n) is 8.37. The number of rotatable bonds is 6. The second-order valence-corrected chi connectivity index (χ2v) is 11.7. The van der Waals surface area contributed by atoms with Crippen LogP contribution in [0.4, 0.5) is 0 Å². The predicted octanol–water partition coefficient (Wildman–Crippen LogP) is 5.53. The molecule has 9 heteroatoms. The zero-order valence-corrected chi connectivity index (χ0v) is 25.0. The Balaban J connectivity index is 1.73. The first-order chi connectivity index (χ1) is 20.7. The van der Waals surface area contributed by atoms with Crippen LogP contribution in [0.25, 0.3) is 6.08 Å². The lowest BCUT2D eigenvalue weighted by atomic mass is 9.84. The van der Waals surface area contributed by atoms with Crippen LogP contribution in [0.2, 0.25) is 0 Å². The highest BCUT2D eigenvalue weighted by atomic mass is 16.5. The van der Waals surface area contributed by atoms with Gasteiger partial charge in [-0.05, 0) is 87.6 Å². The molecular formula is C34H43NO8. The molecule has 43 heavy (non-hydrogen) atoms. The second-order valence-electron chi connectivity index (χ2n) is 11.7. The fourth-order valence-corrected chi connectivity index (χ4v) is 5.93. The molecule has 232 valence electrons. The lowest BCUT2D eigenvalue weighted by molar-refractivity contribution is -0.122. The summed E-state index contributed by atoms with van der Waals surface area (Å²) in [5, 5.41) is 35.9. The van der Waals surface area contributed by atoms with Crippen molar-refractivity contribution >= 4 is 23.7 Å².